The summed E-state index contributed by atoms with van der Waals surface area (Å²) in [5.74, 6) is 0.166. The van der Waals surface area contributed by atoms with Gasteiger partial charge in [0, 0.05) is 14.2 Å². The first-order chi connectivity index (χ1) is 4.70. The van der Waals surface area contributed by atoms with E-state index in [4.69, 9.17) is 20.9 Å². The van der Waals surface area contributed by atoms with Gasteiger partial charge in [0.25, 0.3) is 0 Å². The van der Waals surface area contributed by atoms with Crippen molar-refractivity contribution in [1.82, 2.24) is 0 Å². The summed E-state index contributed by atoms with van der Waals surface area (Å²) >= 11 is 0. The molecule has 0 aliphatic heterocycles. The lowest BCUT2D eigenvalue weighted by atomic mass is 10.6. The second-order valence-corrected chi connectivity index (χ2v) is 1.74. The third kappa shape index (κ3) is 4.11. The van der Waals surface area contributed by atoms with Gasteiger partial charge < -0.3 is 9.47 Å². The van der Waals surface area contributed by atoms with Crippen molar-refractivity contribution in [3.63, 3.8) is 0 Å². The molecule has 0 saturated carbocycles. The summed E-state index contributed by atoms with van der Waals surface area (Å²) < 4.78 is 9.68. The van der Waals surface area contributed by atoms with Crippen molar-refractivity contribution in [3.05, 3.63) is 0 Å². The number of ether oxygens (including phenoxy) is 2. The van der Waals surface area contributed by atoms with Crippen LogP contribution in [-0.4, -0.2) is 33.0 Å². The standard InChI is InChI=1S/C5H13N3O2/c1-9-4(10-2)3-8-5(6)7/h4H,3H2,1-2H3,(H4,6,7,8)/p+1. The van der Waals surface area contributed by atoms with Gasteiger partial charge in [0.15, 0.2) is 6.29 Å². The Bertz CT molecular complexity index is 107. The third-order valence-corrected chi connectivity index (χ3v) is 0.999. The summed E-state index contributed by atoms with van der Waals surface area (Å²) in [6.07, 6.45) is -0.304. The minimum Gasteiger partial charge on any atom is -0.353 e. The lowest BCUT2D eigenvalue weighted by Gasteiger charge is -2.08. The topological polar surface area (TPSA) is 84.5 Å². The van der Waals surface area contributed by atoms with Gasteiger partial charge in [0.2, 0.25) is 0 Å². The molecule has 60 valence electrons. The Kier molecular flexibility index (Phi) is 4.61. The predicted molar refractivity (Wildman–Crippen MR) is 37.0 cm³/mol. The SMILES string of the molecule is COC(C[NH+]=C(N)N)OC. The van der Waals surface area contributed by atoms with E-state index >= 15 is 0 Å². The summed E-state index contributed by atoms with van der Waals surface area (Å²) in [4.78, 5) is 2.67. The van der Waals surface area contributed by atoms with Crippen molar-refractivity contribution in [2.45, 2.75) is 6.29 Å². The van der Waals surface area contributed by atoms with E-state index in [1.54, 1.807) is 14.2 Å². The minimum absolute atomic E-state index is 0.166. The van der Waals surface area contributed by atoms with E-state index < -0.39 is 0 Å². The smallest absolute Gasteiger partial charge is 0.338 e. The van der Waals surface area contributed by atoms with Gasteiger partial charge in [-0.25, -0.2) is 0 Å². The molecule has 0 radical (unpaired) electrons. The molecule has 0 atom stereocenters. The molecule has 0 bridgehead atoms. The molecule has 10 heavy (non-hydrogen) atoms. The Morgan fingerprint density at radius 1 is 1.40 bits per heavy atom. The number of hydrogen-bond acceptors (Lipinski definition) is 2. The maximum absolute atomic E-state index is 5.12. The second-order valence-electron chi connectivity index (χ2n) is 1.74. The van der Waals surface area contributed by atoms with Gasteiger partial charge in [-0.3, -0.25) is 16.5 Å². The molecule has 0 aromatic carbocycles. The van der Waals surface area contributed by atoms with E-state index in [-0.39, 0.29) is 12.2 Å². The first kappa shape index (κ1) is 9.19. The van der Waals surface area contributed by atoms with Crippen LogP contribution in [0.4, 0.5) is 0 Å². The Labute approximate surface area is 60.0 Å². The molecular weight excluding hydrogens is 134 g/mol. The maximum atomic E-state index is 5.12. The molecule has 0 spiro atoms. The highest BCUT2D eigenvalue weighted by atomic mass is 16.7. The van der Waals surface area contributed by atoms with Crippen LogP contribution < -0.4 is 16.5 Å². The van der Waals surface area contributed by atoms with Gasteiger partial charge in [-0.15, -0.1) is 0 Å². The van der Waals surface area contributed by atoms with E-state index in [9.17, 15) is 0 Å². The van der Waals surface area contributed by atoms with E-state index in [0.29, 0.717) is 6.54 Å². The average molecular weight is 148 g/mol. The molecule has 0 fully saturated rings. The third-order valence-electron chi connectivity index (χ3n) is 0.999. The van der Waals surface area contributed by atoms with Crippen LogP contribution >= 0.6 is 0 Å². The molecule has 0 aromatic heterocycles. The fourth-order valence-electron chi connectivity index (χ4n) is 0.464. The maximum Gasteiger partial charge on any atom is 0.338 e. The van der Waals surface area contributed by atoms with Gasteiger partial charge in [0.05, 0.1) is 0 Å². The Hall–Kier alpha value is -0.810. The van der Waals surface area contributed by atoms with Crippen LogP contribution in [0.3, 0.4) is 0 Å². The summed E-state index contributed by atoms with van der Waals surface area (Å²) in [6, 6.07) is 0. The second kappa shape index (κ2) is 5.01. The summed E-state index contributed by atoms with van der Waals surface area (Å²) in [5, 5.41) is 0. The largest absolute Gasteiger partial charge is 0.353 e. The van der Waals surface area contributed by atoms with E-state index in [2.05, 4.69) is 4.99 Å². The molecule has 0 aromatic rings. The quantitative estimate of drug-likeness (QED) is 0.225. The number of hydrogen-bond donors (Lipinski definition) is 3. The van der Waals surface area contributed by atoms with Crippen LogP contribution in [0.15, 0.2) is 0 Å². The molecule has 0 aliphatic rings. The number of guanidine groups is 1. The number of nitrogens with two attached hydrogens (primary N) is 2. The molecule has 5 N–H and O–H groups in total. The highest BCUT2D eigenvalue weighted by Gasteiger charge is 2.02. The summed E-state index contributed by atoms with van der Waals surface area (Å²) in [5.41, 5.74) is 10.2. The predicted octanol–water partition coefficient (Wildman–Crippen LogP) is -3.04. The van der Waals surface area contributed by atoms with Gasteiger partial charge >= 0.3 is 5.96 Å². The van der Waals surface area contributed by atoms with Gasteiger partial charge in [-0.1, -0.05) is 0 Å². The number of nitrogens with one attached hydrogen (secondary N) is 1. The lowest BCUT2D eigenvalue weighted by molar-refractivity contribution is -0.485. The lowest BCUT2D eigenvalue weighted by Crippen LogP contribution is -2.80. The van der Waals surface area contributed by atoms with Crippen molar-refractivity contribution < 1.29 is 14.5 Å². The highest BCUT2D eigenvalue weighted by molar-refractivity contribution is 5.69. The highest BCUT2D eigenvalue weighted by Crippen LogP contribution is 1.82. The number of rotatable bonds is 4. The van der Waals surface area contributed by atoms with Crippen LogP contribution in [0, 0.1) is 0 Å². The number of methoxy groups -OCH3 is 2. The minimum atomic E-state index is -0.304. The Morgan fingerprint density at radius 2 is 1.90 bits per heavy atom. The first-order valence-electron chi connectivity index (χ1n) is 2.88. The monoisotopic (exact) mass is 148 g/mol. The molecule has 5 heteroatoms. The zero-order valence-corrected chi connectivity index (χ0v) is 6.26. The molecule has 0 rings (SSSR count). The van der Waals surface area contributed by atoms with E-state index in [0.717, 1.165) is 0 Å². The van der Waals surface area contributed by atoms with Crippen LogP contribution in [0.5, 0.6) is 0 Å². The fourth-order valence-corrected chi connectivity index (χ4v) is 0.464. The first-order valence-corrected chi connectivity index (χ1v) is 2.88. The van der Waals surface area contributed by atoms with Crippen molar-refractivity contribution in [2.24, 2.45) is 11.5 Å². The van der Waals surface area contributed by atoms with Crippen molar-refractivity contribution in [3.8, 4) is 0 Å². The zero-order valence-electron chi connectivity index (χ0n) is 6.26. The molecular formula is C5H14N3O2+. The molecule has 0 unspecified atom stereocenters. The Balaban J connectivity index is 3.54. The summed E-state index contributed by atoms with van der Waals surface area (Å²) in [6.45, 7) is 0.454. The Morgan fingerprint density at radius 3 is 2.20 bits per heavy atom. The molecule has 0 aliphatic carbocycles. The zero-order chi connectivity index (χ0) is 7.98. The fraction of sp³-hybridized carbons (Fsp3) is 0.800. The average Bonchev–Trinajstić information content (AvgIpc) is 1.90. The molecule has 0 heterocycles. The van der Waals surface area contributed by atoms with Gasteiger partial charge in [-0.2, -0.15) is 0 Å². The van der Waals surface area contributed by atoms with Crippen LogP contribution in [0.25, 0.3) is 0 Å². The normalized spacial score (nSPS) is 9.90. The van der Waals surface area contributed by atoms with E-state index in [1.807, 2.05) is 0 Å². The van der Waals surface area contributed by atoms with Crippen molar-refractivity contribution >= 4 is 5.96 Å². The van der Waals surface area contributed by atoms with E-state index in [1.165, 1.54) is 0 Å². The van der Waals surface area contributed by atoms with Crippen molar-refractivity contribution in [2.75, 3.05) is 20.8 Å². The summed E-state index contributed by atoms with van der Waals surface area (Å²) in [7, 11) is 3.09. The van der Waals surface area contributed by atoms with Crippen LogP contribution in [0.2, 0.25) is 0 Å². The van der Waals surface area contributed by atoms with Gasteiger partial charge in [-0.05, 0) is 0 Å². The van der Waals surface area contributed by atoms with Crippen LogP contribution in [-0.2, 0) is 9.47 Å². The van der Waals surface area contributed by atoms with Crippen molar-refractivity contribution in [1.29, 1.82) is 0 Å². The van der Waals surface area contributed by atoms with Crippen LogP contribution in [0.1, 0.15) is 0 Å². The van der Waals surface area contributed by atoms with Gasteiger partial charge in [0.1, 0.15) is 6.54 Å². The molecule has 0 amide bonds. The molecule has 0 saturated heterocycles. The molecule has 5 nitrogen and oxygen atoms in total.